The number of aliphatic hydroxyl groups is 1. The van der Waals surface area contributed by atoms with Crippen molar-refractivity contribution >= 4 is 24.5 Å². The highest BCUT2D eigenvalue weighted by Crippen LogP contribution is 2.36. The Balaban J connectivity index is 1.87. The lowest BCUT2D eigenvalue weighted by molar-refractivity contribution is 0.0692. The standard InChI is InChI=1S/C26H30O3Si/c1-26(2,3)30(22-15-9-5-10-16-22,23-17-11-6-12-18-23)29-20-19-24(27)25(28)21-13-7-4-8-14-21/h4-18,24,27H,19-20H2,1-3H3/t24-/m1/s1. The number of carbonyl (C=O) groups excluding carboxylic acids is 1. The molecule has 0 bridgehead atoms. The van der Waals surface area contributed by atoms with E-state index in [1.165, 1.54) is 10.4 Å². The fourth-order valence-electron chi connectivity index (χ4n) is 4.01. The third-order valence-electron chi connectivity index (χ3n) is 5.49. The van der Waals surface area contributed by atoms with Crippen LogP contribution in [0, 0.1) is 0 Å². The minimum Gasteiger partial charge on any atom is -0.407 e. The Hall–Kier alpha value is -2.53. The first-order valence-corrected chi connectivity index (χ1v) is 12.3. The zero-order chi connectivity index (χ0) is 21.6. The molecule has 0 fully saturated rings. The number of benzene rings is 3. The van der Waals surface area contributed by atoms with Gasteiger partial charge >= 0.3 is 0 Å². The van der Waals surface area contributed by atoms with E-state index < -0.39 is 14.4 Å². The number of aliphatic hydroxyl groups excluding tert-OH is 1. The highest BCUT2D eigenvalue weighted by Gasteiger charge is 2.50. The van der Waals surface area contributed by atoms with Crippen molar-refractivity contribution in [3.8, 4) is 0 Å². The number of hydrogen-bond acceptors (Lipinski definition) is 3. The molecule has 3 aromatic rings. The molecule has 0 amide bonds. The van der Waals surface area contributed by atoms with Gasteiger partial charge in [-0.25, -0.2) is 0 Å². The van der Waals surface area contributed by atoms with Gasteiger partial charge in [-0.2, -0.15) is 0 Å². The molecule has 156 valence electrons. The fraction of sp³-hybridized carbons (Fsp3) is 0.269. The lowest BCUT2D eigenvalue weighted by atomic mass is 10.0. The van der Waals surface area contributed by atoms with Gasteiger partial charge in [-0.1, -0.05) is 112 Å². The minimum atomic E-state index is -2.65. The summed E-state index contributed by atoms with van der Waals surface area (Å²) >= 11 is 0. The van der Waals surface area contributed by atoms with Crippen molar-refractivity contribution in [1.29, 1.82) is 0 Å². The molecular weight excluding hydrogens is 388 g/mol. The quantitative estimate of drug-likeness (QED) is 0.441. The summed E-state index contributed by atoms with van der Waals surface area (Å²) in [5.74, 6) is -0.262. The normalized spacial score (nSPS) is 13.1. The summed E-state index contributed by atoms with van der Waals surface area (Å²) in [4.78, 5) is 12.5. The van der Waals surface area contributed by atoms with Gasteiger partial charge in [-0.15, -0.1) is 0 Å². The van der Waals surface area contributed by atoms with Crippen LogP contribution in [0.25, 0.3) is 0 Å². The van der Waals surface area contributed by atoms with E-state index in [1.807, 2.05) is 42.5 Å². The fourth-order valence-corrected chi connectivity index (χ4v) is 8.59. The third kappa shape index (κ3) is 4.62. The van der Waals surface area contributed by atoms with Gasteiger partial charge in [0.05, 0.1) is 0 Å². The molecule has 30 heavy (non-hydrogen) atoms. The summed E-state index contributed by atoms with van der Waals surface area (Å²) in [6.07, 6.45) is -0.816. The highest BCUT2D eigenvalue weighted by atomic mass is 28.4. The Labute approximate surface area is 180 Å². The van der Waals surface area contributed by atoms with Gasteiger partial charge in [0.25, 0.3) is 8.32 Å². The number of Topliss-reactive ketones (excluding diaryl/α,β-unsaturated/α-hetero) is 1. The molecule has 4 heteroatoms. The Bertz CT molecular complexity index is 895. The van der Waals surface area contributed by atoms with E-state index in [0.29, 0.717) is 12.2 Å². The maximum Gasteiger partial charge on any atom is 0.261 e. The summed E-state index contributed by atoms with van der Waals surface area (Å²) in [5, 5.41) is 12.7. The molecule has 0 aliphatic rings. The van der Waals surface area contributed by atoms with Crippen molar-refractivity contribution in [1.82, 2.24) is 0 Å². The zero-order valence-corrected chi connectivity index (χ0v) is 18.9. The Morgan fingerprint density at radius 3 is 1.70 bits per heavy atom. The van der Waals surface area contributed by atoms with E-state index in [1.54, 1.807) is 24.3 Å². The highest BCUT2D eigenvalue weighted by molar-refractivity contribution is 6.99. The molecule has 0 aliphatic heterocycles. The van der Waals surface area contributed by atoms with Gasteiger partial charge in [0.1, 0.15) is 6.10 Å². The number of carbonyl (C=O) groups is 1. The van der Waals surface area contributed by atoms with Crippen molar-refractivity contribution < 1.29 is 14.3 Å². The number of hydrogen-bond donors (Lipinski definition) is 1. The lowest BCUT2D eigenvalue weighted by Gasteiger charge is -2.43. The van der Waals surface area contributed by atoms with Crippen molar-refractivity contribution in [2.24, 2.45) is 0 Å². The molecule has 0 aliphatic carbocycles. The SMILES string of the molecule is CC(C)(C)[Si](OCC[C@@H](O)C(=O)c1ccccc1)(c1ccccc1)c1ccccc1. The average Bonchev–Trinajstić information content (AvgIpc) is 2.77. The van der Waals surface area contributed by atoms with Gasteiger partial charge in [-0.05, 0) is 15.4 Å². The second-order valence-electron chi connectivity index (χ2n) is 8.55. The van der Waals surface area contributed by atoms with Crippen LogP contribution in [0.4, 0.5) is 0 Å². The molecule has 0 spiro atoms. The second kappa shape index (κ2) is 9.52. The van der Waals surface area contributed by atoms with Crippen LogP contribution in [-0.2, 0) is 4.43 Å². The summed E-state index contributed by atoms with van der Waals surface area (Å²) < 4.78 is 6.75. The van der Waals surface area contributed by atoms with Crippen LogP contribution in [0.3, 0.4) is 0 Å². The van der Waals surface area contributed by atoms with Gasteiger partial charge in [0.15, 0.2) is 5.78 Å². The Morgan fingerprint density at radius 1 is 0.833 bits per heavy atom. The summed E-state index contributed by atoms with van der Waals surface area (Å²) in [5.41, 5.74) is 0.524. The smallest absolute Gasteiger partial charge is 0.261 e. The van der Waals surface area contributed by atoms with Crippen molar-refractivity contribution in [3.05, 3.63) is 96.6 Å². The first kappa shape index (κ1) is 22.2. The van der Waals surface area contributed by atoms with Gasteiger partial charge < -0.3 is 9.53 Å². The topological polar surface area (TPSA) is 46.5 Å². The first-order valence-electron chi connectivity index (χ1n) is 10.4. The van der Waals surface area contributed by atoms with E-state index in [-0.39, 0.29) is 17.2 Å². The molecule has 3 nitrogen and oxygen atoms in total. The Morgan fingerprint density at radius 2 is 1.27 bits per heavy atom. The zero-order valence-electron chi connectivity index (χ0n) is 17.9. The molecule has 0 unspecified atom stereocenters. The summed E-state index contributed by atoms with van der Waals surface area (Å²) in [6.45, 7) is 6.95. The van der Waals surface area contributed by atoms with Gasteiger partial charge in [0.2, 0.25) is 0 Å². The maximum absolute atomic E-state index is 12.5. The maximum atomic E-state index is 12.5. The van der Waals surface area contributed by atoms with Crippen molar-refractivity contribution in [2.75, 3.05) is 6.61 Å². The minimum absolute atomic E-state index is 0.135. The molecule has 1 N–H and O–H groups in total. The molecule has 3 aromatic carbocycles. The molecule has 0 saturated carbocycles. The van der Waals surface area contributed by atoms with Crippen LogP contribution in [0.2, 0.25) is 5.04 Å². The van der Waals surface area contributed by atoms with Gasteiger partial charge in [0, 0.05) is 18.6 Å². The van der Waals surface area contributed by atoms with Crippen molar-refractivity contribution in [3.63, 3.8) is 0 Å². The molecular formula is C26H30O3Si. The third-order valence-corrected chi connectivity index (χ3v) is 10.5. The van der Waals surface area contributed by atoms with Crippen LogP contribution in [-0.4, -0.2) is 31.9 Å². The monoisotopic (exact) mass is 418 g/mol. The first-order chi connectivity index (χ1) is 14.4. The largest absolute Gasteiger partial charge is 0.407 e. The van der Waals surface area contributed by atoms with E-state index in [2.05, 4.69) is 45.0 Å². The van der Waals surface area contributed by atoms with Gasteiger partial charge in [-0.3, -0.25) is 4.79 Å². The molecule has 1 atom stereocenters. The average molecular weight is 419 g/mol. The molecule has 0 radical (unpaired) electrons. The second-order valence-corrected chi connectivity index (χ2v) is 12.9. The van der Waals surface area contributed by atoms with E-state index >= 15 is 0 Å². The lowest BCUT2D eigenvalue weighted by Crippen LogP contribution is -2.66. The van der Waals surface area contributed by atoms with Crippen LogP contribution in [0.1, 0.15) is 37.6 Å². The van der Waals surface area contributed by atoms with Crippen LogP contribution < -0.4 is 10.4 Å². The van der Waals surface area contributed by atoms with Crippen LogP contribution >= 0.6 is 0 Å². The molecule has 0 saturated heterocycles. The van der Waals surface area contributed by atoms with E-state index in [9.17, 15) is 9.90 Å². The Kier molecular flexibility index (Phi) is 7.03. The van der Waals surface area contributed by atoms with Crippen molar-refractivity contribution in [2.45, 2.75) is 38.3 Å². The van der Waals surface area contributed by atoms with Crippen LogP contribution in [0.15, 0.2) is 91.0 Å². The molecule has 3 rings (SSSR count). The number of ketones is 1. The van der Waals surface area contributed by atoms with E-state index in [0.717, 1.165) is 0 Å². The molecule has 0 heterocycles. The summed E-state index contributed by atoms with van der Waals surface area (Å²) in [7, 11) is -2.65. The predicted molar refractivity (Wildman–Crippen MR) is 125 cm³/mol. The van der Waals surface area contributed by atoms with E-state index in [4.69, 9.17) is 4.43 Å². The predicted octanol–water partition coefficient (Wildman–Crippen LogP) is 4.20. The number of rotatable bonds is 8. The van der Waals surface area contributed by atoms with Crippen LogP contribution in [0.5, 0.6) is 0 Å². The molecule has 0 aromatic heterocycles. The summed E-state index contributed by atoms with van der Waals surface area (Å²) in [6, 6.07) is 29.7.